The Morgan fingerprint density at radius 1 is 1.33 bits per heavy atom. The van der Waals surface area contributed by atoms with Gasteiger partial charge in [-0.25, -0.2) is 8.42 Å². The fourth-order valence-corrected chi connectivity index (χ4v) is 7.14. The van der Waals surface area contributed by atoms with Crippen LogP contribution in [0.1, 0.15) is 18.4 Å². The van der Waals surface area contributed by atoms with Crippen LogP contribution < -0.4 is 9.64 Å². The van der Waals surface area contributed by atoms with E-state index in [1.807, 2.05) is 19.1 Å². The summed E-state index contributed by atoms with van der Waals surface area (Å²) in [7, 11) is -1.65. The number of anilines is 1. The van der Waals surface area contributed by atoms with Gasteiger partial charge in [-0.3, -0.25) is 9.59 Å². The van der Waals surface area contributed by atoms with Crippen LogP contribution in [0.25, 0.3) is 0 Å². The van der Waals surface area contributed by atoms with Gasteiger partial charge >= 0.3 is 5.97 Å². The average molecular weight is 412 g/mol. The molecular formula is C17H20N2O6S2. The molecule has 0 aromatic heterocycles. The van der Waals surface area contributed by atoms with Gasteiger partial charge in [-0.2, -0.15) is 4.99 Å². The predicted molar refractivity (Wildman–Crippen MR) is 103 cm³/mol. The van der Waals surface area contributed by atoms with Gasteiger partial charge in [-0.15, -0.1) is 0 Å². The van der Waals surface area contributed by atoms with Crippen molar-refractivity contribution in [2.24, 2.45) is 4.99 Å². The molecule has 0 unspecified atom stereocenters. The van der Waals surface area contributed by atoms with E-state index in [0.717, 1.165) is 5.56 Å². The number of fused-ring (bicyclic) bond motifs is 1. The fraction of sp³-hybridized carbons (Fsp3) is 0.471. The number of aryl methyl sites for hydroxylation is 1. The Bertz CT molecular complexity index is 912. The van der Waals surface area contributed by atoms with Gasteiger partial charge in [0.2, 0.25) is 5.91 Å². The molecule has 27 heavy (non-hydrogen) atoms. The molecule has 0 spiro atoms. The number of carbonyl (C=O) groups excluding carboxylic acids is 1. The molecule has 1 N–H and O–H groups in total. The molecule has 8 nitrogen and oxygen atoms in total. The van der Waals surface area contributed by atoms with Crippen molar-refractivity contribution in [2.45, 2.75) is 31.1 Å². The Kier molecular flexibility index (Phi) is 5.48. The first-order valence-corrected chi connectivity index (χ1v) is 11.0. The zero-order valence-corrected chi connectivity index (χ0v) is 16.5. The van der Waals surface area contributed by atoms with Gasteiger partial charge in [0.1, 0.15) is 5.75 Å². The number of hydrogen-bond donors (Lipinski definition) is 1. The van der Waals surface area contributed by atoms with Gasteiger partial charge in [0, 0.05) is 11.7 Å². The summed E-state index contributed by atoms with van der Waals surface area (Å²) in [6.07, 6.45) is -0.499. The minimum absolute atomic E-state index is 0.0231. The topological polar surface area (TPSA) is 113 Å². The highest BCUT2D eigenvalue weighted by atomic mass is 32.2. The van der Waals surface area contributed by atoms with Crippen LogP contribution >= 0.6 is 11.8 Å². The van der Waals surface area contributed by atoms with E-state index >= 15 is 0 Å². The molecular weight excluding hydrogens is 392 g/mol. The number of carboxylic acids is 1. The van der Waals surface area contributed by atoms with Crippen LogP contribution in [0.4, 0.5) is 5.69 Å². The number of hydrogen-bond acceptors (Lipinski definition) is 6. The van der Waals surface area contributed by atoms with Crippen LogP contribution in [0.15, 0.2) is 23.2 Å². The van der Waals surface area contributed by atoms with Crippen molar-refractivity contribution in [2.75, 3.05) is 23.5 Å². The third-order valence-electron chi connectivity index (χ3n) is 4.43. The summed E-state index contributed by atoms with van der Waals surface area (Å²) in [6.45, 7) is 1.91. The number of carboxylic acid groups (broad SMARTS) is 1. The van der Waals surface area contributed by atoms with Crippen molar-refractivity contribution in [1.29, 1.82) is 0 Å². The van der Waals surface area contributed by atoms with Crippen LogP contribution in [-0.2, 0) is 19.4 Å². The molecule has 2 saturated heterocycles. The van der Waals surface area contributed by atoms with E-state index < -0.39 is 21.7 Å². The van der Waals surface area contributed by atoms with Gasteiger partial charge < -0.3 is 14.7 Å². The highest BCUT2D eigenvalue weighted by Gasteiger charge is 2.50. The highest BCUT2D eigenvalue weighted by molar-refractivity contribution is 8.16. The van der Waals surface area contributed by atoms with Crippen LogP contribution in [0.5, 0.6) is 5.75 Å². The summed E-state index contributed by atoms with van der Waals surface area (Å²) in [5.74, 6) is -1.06. The summed E-state index contributed by atoms with van der Waals surface area (Å²) in [5.41, 5.74) is 1.61. The molecule has 2 aliphatic heterocycles. The van der Waals surface area contributed by atoms with Gasteiger partial charge in [0.15, 0.2) is 15.0 Å². The summed E-state index contributed by atoms with van der Waals surface area (Å²) in [5, 5.41) is 8.90. The molecule has 3 rings (SSSR count). The SMILES string of the molecule is COc1ccc(C)cc1N1C(=NC(=O)CCC(=O)O)S[C@@H]2CS(=O)(=O)C[C@@H]21. The number of carbonyl (C=O) groups is 2. The number of thioether (sulfide) groups is 1. The van der Waals surface area contributed by atoms with E-state index in [2.05, 4.69) is 4.99 Å². The van der Waals surface area contributed by atoms with E-state index in [0.29, 0.717) is 16.6 Å². The van der Waals surface area contributed by atoms with Crippen molar-refractivity contribution >= 4 is 44.3 Å². The first kappa shape index (κ1) is 19.7. The molecule has 2 fully saturated rings. The number of aliphatic imine (C=N–C) groups is 1. The second-order valence-corrected chi connectivity index (χ2v) is 9.89. The molecule has 1 aromatic rings. The van der Waals surface area contributed by atoms with Crippen molar-refractivity contribution < 1.29 is 27.9 Å². The van der Waals surface area contributed by atoms with Crippen molar-refractivity contribution in [3.8, 4) is 5.75 Å². The molecule has 1 amide bonds. The van der Waals surface area contributed by atoms with E-state index in [4.69, 9.17) is 9.84 Å². The maximum Gasteiger partial charge on any atom is 0.303 e. The minimum Gasteiger partial charge on any atom is -0.495 e. The Hall–Kier alpha value is -2.07. The number of amidine groups is 1. The standard InChI is InChI=1S/C17H20N2O6S2/c1-10-3-4-13(25-2)11(7-10)19-12-8-27(23,24)9-14(12)26-17(19)18-15(20)5-6-16(21)22/h3-4,7,12,14H,5-6,8-9H2,1-2H3,(H,21,22)/t12-,14+/m0/s1. The second-order valence-electron chi connectivity index (χ2n) is 6.53. The fourth-order valence-electron chi connectivity index (χ4n) is 3.21. The second kappa shape index (κ2) is 7.51. The van der Waals surface area contributed by atoms with E-state index in [-0.39, 0.29) is 35.6 Å². The maximum absolute atomic E-state index is 12.1. The lowest BCUT2D eigenvalue weighted by Crippen LogP contribution is -2.38. The van der Waals surface area contributed by atoms with E-state index in [1.165, 1.54) is 18.9 Å². The third-order valence-corrected chi connectivity index (χ3v) is 7.64. The number of methoxy groups -OCH3 is 1. The summed E-state index contributed by atoms with van der Waals surface area (Å²) < 4.78 is 29.6. The van der Waals surface area contributed by atoms with Crippen LogP contribution in [0, 0.1) is 6.92 Å². The van der Waals surface area contributed by atoms with Gasteiger partial charge in [-0.05, 0) is 24.6 Å². The molecule has 10 heteroatoms. The molecule has 2 atom stereocenters. The van der Waals surface area contributed by atoms with Crippen molar-refractivity contribution in [1.82, 2.24) is 0 Å². The molecule has 0 saturated carbocycles. The Morgan fingerprint density at radius 3 is 2.74 bits per heavy atom. The summed E-state index contributed by atoms with van der Waals surface area (Å²) in [4.78, 5) is 28.6. The smallest absolute Gasteiger partial charge is 0.303 e. The molecule has 0 radical (unpaired) electrons. The zero-order chi connectivity index (χ0) is 19.8. The first-order chi connectivity index (χ1) is 12.7. The lowest BCUT2D eigenvalue weighted by molar-refractivity contribution is -0.138. The summed E-state index contributed by atoms with van der Waals surface area (Å²) in [6, 6.07) is 5.19. The molecule has 0 aliphatic carbocycles. The molecule has 0 bridgehead atoms. The third kappa shape index (κ3) is 4.27. The molecule has 2 aliphatic rings. The van der Waals surface area contributed by atoms with Crippen molar-refractivity contribution in [3.63, 3.8) is 0 Å². The predicted octanol–water partition coefficient (Wildman–Crippen LogP) is 1.47. The average Bonchev–Trinajstić information content (AvgIpc) is 3.03. The van der Waals surface area contributed by atoms with E-state index in [9.17, 15) is 18.0 Å². The highest BCUT2D eigenvalue weighted by Crippen LogP contribution is 2.44. The van der Waals surface area contributed by atoms with Crippen LogP contribution in [-0.4, -0.2) is 60.5 Å². The van der Waals surface area contributed by atoms with Gasteiger partial charge in [0.25, 0.3) is 0 Å². The maximum atomic E-state index is 12.1. The number of benzene rings is 1. The number of rotatable bonds is 5. The van der Waals surface area contributed by atoms with Crippen LogP contribution in [0.3, 0.4) is 0 Å². The lowest BCUT2D eigenvalue weighted by atomic mass is 10.1. The van der Waals surface area contributed by atoms with E-state index in [1.54, 1.807) is 11.0 Å². The number of sulfone groups is 1. The molecule has 2 heterocycles. The minimum atomic E-state index is -3.17. The Morgan fingerprint density at radius 2 is 2.07 bits per heavy atom. The van der Waals surface area contributed by atoms with Crippen molar-refractivity contribution in [3.05, 3.63) is 23.8 Å². The monoisotopic (exact) mass is 412 g/mol. The quantitative estimate of drug-likeness (QED) is 0.773. The number of nitrogens with zero attached hydrogens (tertiary/aromatic N) is 2. The largest absolute Gasteiger partial charge is 0.495 e. The normalized spacial score (nSPS) is 24.8. The van der Waals surface area contributed by atoms with Crippen LogP contribution in [0.2, 0.25) is 0 Å². The van der Waals surface area contributed by atoms with Gasteiger partial charge in [0.05, 0.1) is 36.8 Å². The molecule has 146 valence electrons. The first-order valence-electron chi connectivity index (χ1n) is 8.34. The Labute approximate surface area is 161 Å². The summed E-state index contributed by atoms with van der Waals surface area (Å²) >= 11 is 1.25. The number of amides is 1. The zero-order valence-electron chi connectivity index (χ0n) is 14.9. The number of aliphatic carboxylic acids is 1. The number of ether oxygens (including phenoxy) is 1. The lowest BCUT2D eigenvalue weighted by Gasteiger charge is -2.26. The van der Waals surface area contributed by atoms with Gasteiger partial charge in [-0.1, -0.05) is 17.8 Å². The Balaban J connectivity index is 2.00. The molecule has 1 aromatic carbocycles.